The highest BCUT2D eigenvalue weighted by Crippen LogP contribution is 2.11. The minimum Gasteiger partial charge on any atom is -0.262 e. The molecule has 0 aliphatic carbocycles. The maximum absolute atomic E-state index is 5.00. The first-order chi connectivity index (χ1) is 6.77. The van der Waals surface area contributed by atoms with Gasteiger partial charge in [0.15, 0.2) is 4.32 Å². The molecule has 2 nitrogen and oxygen atoms in total. The number of nitrogens with one attached hydrogen (secondary N) is 1. The number of hydrogen-bond donors (Lipinski definition) is 1. The van der Waals surface area contributed by atoms with Gasteiger partial charge in [0.05, 0.1) is 10.6 Å². The topological polar surface area (TPSA) is 24.4 Å². The van der Waals surface area contributed by atoms with Gasteiger partial charge in [0.25, 0.3) is 0 Å². The standard InChI is InChI=1S/C9H12N2S3/c1-3-7(8-5-4-6-14-8)10-11-9(12)13-2/h4-6H,3H2,1-2H3,(H,11,12)/b10-7+. The first kappa shape index (κ1) is 11.7. The van der Waals surface area contributed by atoms with E-state index in [1.54, 1.807) is 11.3 Å². The molecule has 0 aromatic carbocycles. The van der Waals surface area contributed by atoms with Crippen LogP contribution in [0.3, 0.4) is 0 Å². The van der Waals surface area contributed by atoms with Gasteiger partial charge < -0.3 is 0 Å². The molecule has 0 radical (unpaired) electrons. The van der Waals surface area contributed by atoms with E-state index in [9.17, 15) is 0 Å². The third kappa shape index (κ3) is 3.40. The highest BCUT2D eigenvalue weighted by Gasteiger charge is 2.01. The Balaban J connectivity index is 2.67. The Morgan fingerprint density at radius 2 is 2.50 bits per heavy atom. The zero-order valence-electron chi connectivity index (χ0n) is 8.11. The van der Waals surface area contributed by atoms with Crippen LogP contribution < -0.4 is 5.43 Å². The van der Waals surface area contributed by atoms with E-state index in [1.807, 2.05) is 17.7 Å². The van der Waals surface area contributed by atoms with E-state index in [1.165, 1.54) is 16.6 Å². The summed E-state index contributed by atoms with van der Waals surface area (Å²) in [7, 11) is 0. The smallest absolute Gasteiger partial charge is 0.153 e. The van der Waals surface area contributed by atoms with Crippen molar-refractivity contribution in [3.63, 3.8) is 0 Å². The van der Waals surface area contributed by atoms with E-state index in [2.05, 4.69) is 23.5 Å². The maximum Gasteiger partial charge on any atom is 0.153 e. The molecule has 0 fully saturated rings. The molecule has 5 heteroatoms. The van der Waals surface area contributed by atoms with Crippen molar-refractivity contribution in [3.05, 3.63) is 22.4 Å². The average Bonchev–Trinajstić information content (AvgIpc) is 2.72. The molecule has 1 N–H and O–H groups in total. The van der Waals surface area contributed by atoms with Crippen molar-refractivity contribution in [1.29, 1.82) is 0 Å². The fourth-order valence-corrected chi connectivity index (χ4v) is 1.88. The van der Waals surface area contributed by atoms with Gasteiger partial charge in [-0.25, -0.2) is 0 Å². The summed E-state index contributed by atoms with van der Waals surface area (Å²) in [5.41, 5.74) is 3.91. The summed E-state index contributed by atoms with van der Waals surface area (Å²) in [6.07, 6.45) is 2.84. The summed E-state index contributed by atoms with van der Waals surface area (Å²) >= 11 is 8.18. The van der Waals surface area contributed by atoms with Gasteiger partial charge in [-0.1, -0.05) is 37.0 Å². The van der Waals surface area contributed by atoms with Crippen LogP contribution in [0, 0.1) is 0 Å². The van der Waals surface area contributed by atoms with Crippen molar-refractivity contribution in [2.24, 2.45) is 5.10 Å². The second-order valence-electron chi connectivity index (χ2n) is 2.49. The van der Waals surface area contributed by atoms with Gasteiger partial charge in [0.2, 0.25) is 0 Å². The second kappa shape index (κ2) is 6.16. The van der Waals surface area contributed by atoms with Gasteiger partial charge in [-0.2, -0.15) is 5.10 Å². The molecule has 0 aliphatic rings. The molecule has 1 rings (SSSR count). The van der Waals surface area contributed by atoms with E-state index in [0.717, 1.165) is 12.1 Å². The number of hydrazone groups is 1. The number of rotatable bonds is 3. The van der Waals surface area contributed by atoms with Crippen LogP contribution in [0.25, 0.3) is 0 Å². The third-order valence-corrected chi connectivity index (χ3v) is 3.58. The molecule has 0 unspecified atom stereocenters. The van der Waals surface area contributed by atoms with Crippen molar-refractivity contribution >= 4 is 45.3 Å². The Morgan fingerprint density at radius 1 is 1.71 bits per heavy atom. The summed E-state index contributed by atoms with van der Waals surface area (Å²) in [6, 6.07) is 4.09. The molecule has 0 spiro atoms. The molecule has 14 heavy (non-hydrogen) atoms. The number of thioether (sulfide) groups is 1. The Morgan fingerprint density at radius 3 is 3.00 bits per heavy atom. The Hall–Kier alpha value is -0.390. The average molecular weight is 244 g/mol. The van der Waals surface area contributed by atoms with E-state index in [-0.39, 0.29) is 0 Å². The van der Waals surface area contributed by atoms with Gasteiger partial charge in [-0.3, -0.25) is 5.43 Å². The molecule has 0 amide bonds. The predicted octanol–water partition coefficient (Wildman–Crippen LogP) is 3.10. The Labute approximate surface area is 97.8 Å². The fourth-order valence-electron chi connectivity index (χ4n) is 0.910. The largest absolute Gasteiger partial charge is 0.262 e. The van der Waals surface area contributed by atoms with Crippen molar-refractivity contribution in [3.8, 4) is 0 Å². The lowest BCUT2D eigenvalue weighted by atomic mass is 10.2. The van der Waals surface area contributed by atoms with Crippen LogP contribution in [0.5, 0.6) is 0 Å². The molecule has 0 atom stereocenters. The van der Waals surface area contributed by atoms with Crippen molar-refractivity contribution in [2.75, 3.05) is 6.26 Å². The zero-order valence-corrected chi connectivity index (χ0v) is 10.6. The summed E-state index contributed by atoms with van der Waals surface area (Å²) in [6.45, 7) is 2.09. The molecule has 0 bridgehead atoms. The summed E-state index contributed by atoms with van der Waals surface area (Å²) in [5, 5.41) is 6.32. The van der Waals surface area contributed by atoms with Gasteiger partial charge in [0.1, 0.15) is 0 Å². The quantitative estimate of drug-likeness (QED) is 0.502. The van der Waals surface area contributed by atoms with E-state index in [4.69, 9.17) is 12.2 Å². The predicted molar refractivity (Wildman–Crippen MR) is 70.4 cm³/mol. The molecule has 76 valence electrons. The number of thiophene rings is 1. The van der Waals surface area contributed by atoms with Crippen molar-refractivity contribution in [1.82, 2.24) is 5.43 Å². The second-order valence-corrected chi connectivity index (χ2v) is 4.92. The van der Waals surface area contributed by atoms with Crippen molar-refractivity contribution < 1.29 is 0 Å². The van der Waals surface area contributed by atoms with Gasteiger partial charge in [0, 0.05) is 0 Å². The monoisotopic (exact) mass is 244 g/mol. The molecular formula is C9H12N2S3. The molecule has 1 aromatic heterocycles. The number of nitrogens with zero attached hydrogens (tertiary/aromatic N) is 1. The SMILES string of the molecule is CC/C(=N\NC(=S)SC)c1cccs1. The first-order valence-electron chi connectivity index (χ1n) is 4.22. The lowest BCUT2D eigenvalue weighted by Crippen LogP contribution is -2.13. The maximum atomic E-state index is 5.00. The summed E-state index contributed by atoms with van der Waals surface area (Å²) in [4.78, 5) is 1.20. The van der Waals surface area contributed by atoms with Crippen LogP contribution in [0.1, 0.15) is 18.2 Å². The van der Waals surface area contributed by atoms with Crippen LogP contribution in [0.4, 0.5) is 0 Å². The molecular weight excluding hydrogens is 232 g/mol. The molecule has 0 saturated carbocycles. The van der Waals surface area contributed by atoms with Crippen molar-refractivity contribution in [2.45, 2.75) is 13.3 Å². The van der Waals surface area contributed by atoms with Crippen LogP contribution in [-0.2, 0) is 0 Å². The van der Waals surface area contributed by atoms with Crippen LogP contribution >= 0.6 is 35.3 Å². The van der Waals surface area contributed by atoms with Gasteiger partial charge in [-0.05, 0) is 24.1 Å². The molecule has 0 aliphatic heterocycles. The first-order valence-corrected chi connectivity index (χ1v) is 6.73. The third-order valence-electron chi connectivity index (χ3n) is 1.61. The minimum absolute atomic E-state index is 0.701. The zero-order chi connectivity index (χ0) is 10.4. The highest BCUT2D eigenvalue weighted by molar-refractivity contribution is 8.22. The van der Waals surface area contributed by atoms with E-state index in [0.29, 0.717) is 4.32 Å². The molecule has 0 saturated heterocycles. The number of thiocarbonyl (C=S) groups is 1. The Bertz CT molecular complexity index is 317. The highest BCUT2D eigenvalue weighted by atomic mass is 32.2. The van der Waals surface area contributed by atoms with Crippen LogP contribution in [-0.4, -0.2) is 16.3 Å². The Kier molecular flexibility index (Phi) is 5.14. The van der Waals surface area contributed by atoms with E-state index >= 15 is 0 Å². The van der Waals surface area contributed by atoms with E-state index < -0.39 is 0 Å². The fraction of sp³-hybridized carbons (Fsp3) is 0.333. The lowest BCUT2D eigenvalue weighted by molar-refractivity contribution is 1.04. The van der Waals surface area contributed by atoms with Gasteiger partial charge in [-0.15, -0.1) is 11.3 Å². The summed E-state index contributed by atoms with van der Waals surface area (Å²) < 4.78 is 0.701. The lowest BCUT2D eigenvalue weighted by Gasteiger charge is -2.02. The van der Waals surface area contributed by atoms with Crippen LogP contribution in [0.15, 0.2) is 22.6 Å². The molecule has 1 aromatic rings. The van der Waals surface area contributed by atoms with Crippen LogP contribution in [0.2, 0.25) is 0 Å². The molecule has 1 heterocycles. The normalized spacial score (nSPS) is 11.4. The summed E-state index contributed by atoms with van der Waals surface area (Å²) in [5.74, 6) is 0. The van der Waals surface area contributed by atoms with Gasteiger partial charge >= 0.3 is 0 Å². The number of hydrogen-bond acceptors (Lipinski definition) is 4. The minimum atomic E-state index is 0.701.